The number of aromatic nitrogens is 2. The minimum absolute atomic E-state index is 0.0419. The van der Waals surface area contributed by atoms with Gasteiger partial charge in [-0.25, -0.2) is 9.97 Å². The molecule has 2 heterocycles. The van der Waals surface area contributed by atoms with Crippen molar-refractivity contribution in [3.8, 4) is 5.88 Å². The fraction of sp³-hybridized carbons (Fsp3) is 0.364. The van der Waals surface area contributed by atoms with Gasteiger partial charge in [-0.3, -0.25) is 0 Å². The molecule has 1 N–H and O–H groups in total. The number of carbonyl (C=O) groups is 1. The van der Waals surface area contributed by atoms with Gasteiger partial charge in [0.05, 0.1) is 5.39 Å². The fourth-order valence-electron chi connectivity index (χ4n) is 2.40. The summed E-state index contributed by atoms with van der Waals surface area (Å²) in [7, 11) is 0. The van der Waals surface area contributed by atoms with Crippen molar-refractivity contribution < 1.29 is 9.90 Å². The number of nitrogens with zero attached hydrogens (tertiary/aromatic N) is 2. The third-order valence-electron chi connectivity index (χ3n) is 3.09. The quantitative estimate of drug-likeness (QED) is 0.807. The molecule has 0 aliphatic heterocycles. The fourth-order valence-corrected chi connectivity index (χ4v) is 3.64. The summed E-state index contributed by atoms with van der Waals surface area (Å²) >= 11 is 1.60. The first-order valence-electron chi connectivity index (χ1n) is 5.20. The topological polar surface area (TPSA) is 63.1 Å². The molecule has 4 nitrogen and oxygen atoms in total. The number of carbonyl (C=O) groups excluding carboxylic acids is 1. The van der Waals surface area contributed by atoms with Crippen molar-refractivity contribution >= 4 is 27.8 Å². The summed E-state index contributed by atoms with van der Waals surface area (Å²) in [5, 5.41) is 10.5. The zero-order chi connectivity index (χ0) is 11.1. The zero-order valence-electron chi connectivity index (χ0n) is 8.51. The van der Waals surface area contributed by atoms with Gasteiger partial charge in [0.1, 0.15) is 17.4 Å². The third-order valence-corrected chi connectivity index (χ3v) is 4.26. The lowest BCUT2D eigenvalue weighted by atomic mass is 9.98. The van der Waals surface area contributed by atoms with Crippen molar-refractivity contribution in [1.29, 1.82) is 0 Å². The van der Waals surface area contributed by atoms with Crippen LogP contribution in [0.4, 0.5) is 0 Å². The van der Waals surface area contributed by atoms with Crippen LogP contribution < -0.4 is 0 Å². The summed E-state index contributed by atoms with van der Waals surface area (Å²) < 4.78 is 0. The average Bonchev–Trinajstić information content (AvgIpc) is 2.79. The van der Waals surface area contributed by atoms with Gasteiger partial charge < -0.3 is 9.90 Å². The normalized spacial score (nSPS) is 18.9. The van der Waals surface area contributed by atoms with Gasteiger partial charge in [0, 0.05) is 11.3 Å². The van der Waals surface area contributed by atoms with E-state index >= 15 is 0 Å². The molecule has 1 atom stereocenters. The molecule has 5 heteroatoms. The number of fused-ring (bicyclic) bond motifs is 3. The van der Waals surface area contributed by atoms with E-state index in [1.807, 2.05) is 0 Å². The van der Waals surface area contributed by atoms with Crippen LogP contribution in [-0.2, 0) is 11.2 Å². The van der Waals surface area contributed by atoms with E-state index in [0.717, 1.165) is 34.9 Å². The van der Waals surface area contributed by atoms with Gasteiger partial charge in [-0.15, -0.1) is 11.3 Å². The third kappa shape index (κ3) is 1.24. The van der Waals surface area contributed by atoms with Crippen molar-refractivity contribution in [2.75, 3.05) is 0 Å². The van der Waals surface area contributed by atoms with Crippen LogP contribution in [0, 0.1) is 0 Å². The SMILES string of the molecule is O=CC[C@H]1CCc2sc3ncnc(O)c3c21. The van der Waals surface area contributed by atoms with E-state index in [9.17, 15) is 9.90 Å². The first-order valence-corrected chi connectivity index (χ1v) is 6.01. The summed E-state index contributed by atoms with van der Waals surface area (Å²) in [6.45, 7) is 0. The van der Waals surface area contributed by atoms with E-state index in [2.05, 4.69) is 9.97 Å². The summed E-state index contributed by atoms with van der Waals surface area (Å²) in [6.07, 6.45) is 4.81. The summed E-state index contributed by atoms with van der Waals surface area (Å²) in [4.78, 5) is 20.7. The highest BCUT2D eigenvalue weighted by molar-refractivity contribution is 7.19. The highest BCUT2D eigenvalue weighted by atomic mass is 32.1. The molecule has 0 aromatic carbocycles. The number of thiophene rings is 1. The van der Waals surface area contributed by atoms with Crippen LogP contribution in [-0.4, -0.2) is 21.4 Å². The second-order valence-electron chi connectivity index (χ2n) is 3.95. The Kier molecular flexibility index (Phi) is 2.14. The monoisotopic (exact) mass is 234 g/mol. The number of aryl methyl sites for hydroxylation is 1. The molecule has 3 rings (SSSR count). The van der Waals surface area contributed by atoms with Gasteiger partial charge in [0.15, 0.2) is 0 Å². The first kappa shape index (κ1) is 9.72. The van der Waals surface area contributed by atoms with Gasteiger partial charge >= 0.3 is 0 Å². The Morgan fingerprint density at radius 2 is 2.44 bits per heavy atom. The van der Waals surface area contributed by atoms with Gasteiger partial charge in [-0.1, -0.05) is 0 Å². The largest absolute Gasteiger partial charge is 0.493 e. The molecule has 16 heavy (non-hydrogen) atoms. The van der Waals surface area contributed by atoms with Gasteiger partial charge in [0.25, 0.3) is 0 Å². The van der Waals surface area contributed by atoms with Gasteiger partial charge in [0.2, 0.25) is 5.88 Å². The maximum Gasteiger partial charge on any atom is 0.223 e. The second-order valence-corrected chi connectivity index (χ2v) is 5.04. The molecule has 0 fully saturated rings. The van der Waals surface area contributed by atoms with Crippen LogP contribution in [0.1, 0.15) is 29.2 Å². The molecular weight excluding hydrogens is 224 g/mol. The number of aldehydes is 1. The molecule has 2 aromatic rings. The first-order chi connectivity index (χ1) is 7.81. The Hall–Kier alpha value is -1.49. The van der Waals surface area contributed by atoms with E-state index in [1.165, 1.54) is 11.2 Å². The smallest absolute Gasteiger partial charge is 0.223 e. The zero-order valence-corrected chi connectivity index (χ0v) is 9.33. The van der Waals surface area contributed by atoms with E-state index < -0.39 is 0 Å². The van der Waals surface area contributed by atoms with Gasteiger partial charge in [-0.05, 0) is 24.3 Å². The maximum atomic E-state index is 10.6. The summed E-state index contributed by atoms with van der Waals surface area (Å²) in [5.41, 5.74) is 1.10. The maximum absolute atomic E-state index is 10.6. The Morgan fingerprint density at radius 1 is 1.56 bits per heavy atom. The van der Waals surface area contributed by atoms with Crippen molar-refractivity contribution in [2.24, 2.45) is 0 Å². The average molecular weight is 234 g/mol. The Labute approximate surface area is 96.0 Å². The van der Waals surface area contributed by atoms with Crippen LogP contribution >= 0.6 is 11.3 Å². The van der Waals surface area contributed by atoms with Crippen molar-refractivity contribution in [3.63, 3.8) is 0 Å². The van der Waals surface area contributed by atoms with Crippen molar-refractivity contribution in [3.05, 3.63) is 16.8 Å². The molecule has 1 aliphatic carbocycles. The number of hydrogen-bond acceptors (Lipinski definition) is 5. The molecule has 0 amide bonds. The van der Waals surface area contributed by atoms with Crippen LogP contribution in [0.2, 0.25) is 0 Å². The summed E-state index contributed by atoms with van der Waals surface area (Å²) in [6, 6.07) is 0. The molecule has 0 radical (unpaired) electrons. The predicted molar refractivity (Wildman–Crippen MR) is 60.8 cm³/mol. The molecule has 82 valence electrons. The van der Waals surface area contributed by atoms with E-state index in [4.69, 9.17) is 0 Å². The molecule has 0 spiro atoms. The molecule has 0 saturated carbocycles. The minimum atomic E-state index is 0.0419. The standard InChI is InChI=1S/C11H10N2O2S/c14-4-3-6-1-2-7-8(6)9-10(15)12-5-13-11(9)16-7/h4-6H,1-3H2,(H,12,13,15)/t6-/m1/s1. The highest BCUT2D eigenvalue weighted by Gasteiger charge is 2.29. The molecule has 1 aliphatic rings. The molecular formula is C11H10N2O2S. The lowest BCUT2D eigenvalue weighted by Gasteiger charge is -2.06. The Bertz CT molecular complexity index is 564. The number of rotatable bonds is 2. The summed E-state index contributed by atoms with van der Waals surface area (Å²) in [5.74, 6) is 0.276. The minimum Gasteiger partial charge on any atom is -0.493 e. The van der Waals surface area contributed by atoms with E-state index in [0.29, 0.717) is 6.42 Å². The van der Waals surface area contributed by atoms with E-state index in [1.54, 1.807) is 11.3 Å². The second kappa shape index (κ2) is 3.52. The van der Waals surface area contributed by atoms with Crippen LogP contribution in [0.25, 0.3) is 10.2 Å². The van der Waals surface area contributed by atoms with Crippen molar-refractivity contribution in [2.45, 2.75) is 25.2 Å². The molecule has 2 aromatic heterocycles. The van der Waals surface area contributed by atoms with Crippen LogP contribution in [0.15, 0.2) is 6.33 Å². The Morgan fingerprint density at radius 3 is 3.25 bits per heavy atom. The molecule has 0 bridgehead atoms. The molecule has 0 saturated heterocycles. The van der Waals surface area contributed by atoms with Crippen molar-refractivity contribution in [1.82, 2.24) is 9.97 Å². The Balaban J connectivity index is 2.25. The lowest BCUT2D eigenvalue weighted by Crippen LogP contribution is -1.94. The van der Waals surface area contributed by atoms with E-state index in [-0.39, 0.29) is 11.8 Å². The number of hydrogen-bond donors (Lipinski definition) is 1. The van der Waals surface area contributed by atoms with Crippen LogP contribution in [0.5, 0.6) is 5.88 Å². The number of aromatic hydroxyl groups is 1. The van der Waals surface area contributed by atoms with Gasteiger partial charge in [-0.2, -0.15) is 0 Å². The highest BCUT2D eigenvalue weighted by Crippen LogP contribution is 2.46. The van der Waals surface area contributed by atoms with Crippen LogP contribution in [0.3, 0.4) is 0 Å². The molecule has 0 unspecified atom stereocenters. The predicted octanol–water partition coefficient (Wildman–Crippen LogP) is 2.02. The lowest BCUT2D eigenvalue weighted by molar-refractivity contribution is -0.108.